The zero-order valence-electron chi connectivity index (χ0n) is 14.1. The summed E-state index contributed by atoms with van der Waals surface area (Å²) in [5.74, 6) is -0.884. The summed E-state index contributed by atoms with van der Waals surface area (Å²) in [4.78, 5) is 12.5. The molecule has 4 nitrogen and oxygen atoms in total. The van der Waals surface area contributed by atoms with Crippen molar-refractivity contribution in [3.05, 3.63) is 70.2 Å². The maximum atomic E-state index is 13.5. The number of hydrazone groups is 1. The molecule has 0 bridgehead atoms. The Morgan fingerprint density at radius 3 is 2.37 bits per heavy atom. The second-order valence-electron chi connectivity index (χ2n) is 6.24. The normalized spacial score (nSPS) is 19.9. The highest BCUT2D eigenvalue weighted by Gasteiger charge is 2.63. The van der Waals surface area contributed by atoms with E-state index in [-0.39, 0.29) is 23.6 Å². The van der Waals surface area contributed by atoms with Gasteiger partial charge in [0.25, 0.3) is 5.72 Å². The Morgan fingerprint density at radius 2 is 1.78 bits per heavy atom. The summed E-state index contributed by atoms with van der Waals surface area (Å²) >= 11 is 3.25. The molecule has 27 heavy (non-hydrogen) atoms. The summed E-state index contributed by atoms with van der Waals surface area (Å²) in [7, 11) is 0. The zero-order valence-corrected chi connectivity index (χ0v) is 15.7. The fourth-order valence-electron chi connectivity index (χ4n) is 2.83. The minimum atomic E-state index is -5.03. The van der Waals surface area contributed by atoms with Gasteiger partial charge in [0.05, 0.1) is 12.1 Å². The molecule has 0 fully saturated rings. The molecule has 0 aliphatic carbocycles. The number of hydrogen-bond acceptors (Lipinski definition) is 3. The Kier molecular flexibility index (Phi) is 5.39. The molecular weight excluding hydrogens is 425 g/mol. The van der Waals surface area contributed by atoms with Crippen LogP contribution in [-0.2, 0) is 11.2 Å². The smallest absolute Gasteiger partial charge is 0.362 e. The van der Waals surface area contributed by atoms with Crippen LogP contribution in [0.4, 0.5) is 13.2 Å². The van der Waals surface area contributed by atoms with E-state index in [4.69, 9.17) is 0 Å². The molecule has 0 saturated carbocycles. The first-order valence-electron chi connectivity index (χ1n) is 8.20. The molecule has 1 aliphatic rings. The van der Waals surface area contributed by atoms with Gasteiger partial charge in [-0.1, -0.05) is 58.4 Å². The van der Waals surface area contributed by atoms with Crippen molar-refractivity contribution in [2.45, 2.75) is 31.2 Å². The molecule has 0 saturated heterocycles. The van der Waals surface area contributed by atoms with Crippen LogP contribution >= 0.6 is 15.9 Å². The number of rotatable bonds is 4. The number of amides is 1. The largest absolute Gasteiger partial charge is 0.438 e. The highest BCUT2D eigenvalue weighted by molar-refractivity contribution is 9.10. The third-order valence-electron chi connectivity index (χ3n) is 4.32. The van der Waals surface area contributed by atoms with Crippen LogP contribution in [0, 0.1) is 0 Å². The van der Waals surface area contributed by atoms with Crippen LogP contribution in [0.25, 0.3) is 0 Å². The van der Waals surface area contributed by atoms with Crippen LogP contribution in [0.2, 0.25) is 0 Å². The van der Waals surface area contributed by atoms with Crippen molar-refractivity contribution in [3.63, 3.8) is 0 Å². The van der Waals surface area contributed by atoms with E-state index in [0.717, 1.165) is 10.0 Å². The van der Waals surface area contributed by atoms with Crippen LogP contribution in [0.5, 0.6) is 0 Å². The van der Waals surface area contributed by atoms with E-state index in [2.05, 4.69) is 21.0 Å². The van der Waals surface area contributed by atoms with Gasteiger partial charge in [-0.15, -0.1) is 0 Å². The van der Waals surface area contributed by atoms with Gasteiger partial charge in [-0.05, 0) is 29.7 Å². The Morgan fingerprint density at radius 1 is 1.15 bits per heavy atom. The fourth-order valence-corrected chi connectivity index (χ4v) is 3.10. The third-order valence-corrected chi connectivity index (χ3v) is 4.85. The van der Waals surface area contributed by atoms with Gasteiger partial charge in [0.15, 0.2) is 0 Å². The van der Waals surface area contributed by atoms with Crippen molar-refractivity contribution in [2.24, 2.45) is 5.10 Å². The van der Waals surface area contributed by atoms with Gasteiger partial charge in [-0.2, -0.15) is 23.3 Å². The number of benzene rings is 2. The highest BCUT2D eigenvalue weighted by atomic mass is 79.9. The molecule has 0 radical (unpaired) electrons. The topological polar surface area (TPSA) is 52.9 Å². The molecule has 0 unspecified atom stereocenters. The first kappa shape index (κ1) is 19.6. The molecule has 1 aliphatic heterocycles. The number of aliphatic hydroxyl groups is 1. The SMILES string of the molecule is O=C(CCc1ccccc1)N1N=C(c2ccc(Br)cc2)C[C@]1(O)C(F)(F)F. The van der Waals surface area contributed by atoms with Crippen molar-refractivity contribution in [1.82, 2.24) is 5.01 Å². The summed E-state index contributed by atoms with van der Waals surface area (Å²) in [5.41, 5.74) is -2.10. The predicted molar refractivity (Wildman–Crippen MR) is 97.9 cm³/mol. The summed E-state index contributed by atoms with van der Waals surface area (Å²) in [6, 6.07) is 15.4. The highest BCUT2D eigenvalue weighted by Crippen LogP contribution is 2.41. The lowest BCUT2D eigenvalue weighted by molar-refractivity contribution is -0.302. The van der Waals surface area contributed by atoms with Crippen molar-refractivity contribution in [2.75, 3.05) is 0 Å². The Hall–Kier alpha value is -2.19. The number of carbonyl (C=O) groups excluding carboxylic acids is 1. The lowest BCUT2D eigenvalue weighted by atomic mass is 10.0. The fraction of sp³-hybridized carbons (Fsp3) is 0.263. The Labute approximate surface area is 162 Å². The molecule has 1 atom stereocenters. The second kappa shape index (κ2) is 7.44. The molecule has 8 heteroatoms. The number of aryl methyl sites for hydroxylation is 1. The van der Waals surface area contributed by atoms with E-state index in [1.807, 2.05) is 6.07 Å². The number of nitrogens with zero attached hydrogens (tertiary/aromatic N) is 2. The standard InChI is InChI=1S/C19H16BrF3N2O2/c20-15-9-7-14(8-10-15)16-12-18(27,19(21,22)23)25(24-16)17(26)11-6-13-4-2-1-3-5-13/h1-5,7-10,27H,6,11-12H2/t18-/m0/s1. The molecule has 3 rings (SSSR count). The number of hydrogen-bond donors (Lipinski definition) is 1. The Balaban J connectivity index is 1.85. The quantitative estimate of drug-likeness (QED) is 0.771. The predicted octanol–water partition coefficient (Wildman–Crippen LogP) is 4.27. The number of carbonyl (C=O) groups is 1. The van der Waals surface area contributed by atoms with E-state index in [0.29, 0.717) is 5.56 Å². The number of halogens is 4. The van der Waals surface area contributed by atoms with E-state index in [9.17, 15) is 23.1 Å². The van der Waals surface area contributed by atoms with Crippen LogP contribution < -0.4 is 0 Å². The zero-order chi connectivity index (χ0) is 19.7. The van der Waals surface area contributed by atoms with Gasteiger partial charge in [-0.3, -0.25) is 4.79 Å². The summed E-state index contributed by atoms with van der Waals surface area (Å²) in [5, 5.41) is 14.3. The minimum Gasteiger partial charge on any atom is -0.362 e. The van der Waals surface area contributed by atoms with Crippen molar-refractivity contribution in [3.8, 4) is 0 Å². The van der Waals surface area contributed by atoms with Gasteiger partial charge >= 0.3 is 6.18 Å². The monoisotopic (exact) mass is 440 g/mol. The lowest BCUT2D eigenvalue weighted by Gasteiger charge is -2.32. The summed E-state index contributed by atoms with van der Waals surface area (Å²) in [6.07, 6.45) is -5.78. The van der Waals surface area contributed by atoms with Crippen molar-refractivity contribution < 1.29 is 23.1 Å². The first-order valence-corrected chi connectivity index (χ1v) is 8.99. The molecule has 142 valence electrons. The van der Waals surface area contributed by atoms with Crippen LogP contribution in [0.3, 0.4) is 0 Å². The summed E-state index contributed by atoms with van der Waals surface area (Å²) < 4.78 is 41.4. The van der Waals surface area contributed by atoms with Gasteiger partial charge in [0.1, 0.15) is 0 Å². The molecule has 2 aromatic carbocycles. The minimum absolute atomic E-state index is 0.00962. The van der Waals surface area contributed by atoms with E-state index in [1.165, 1.54) is 0 Å². The average molecular weight is 441 g/mol. The molecule has 0 spiro atoms. The third kappa shape index (κ3) is 4.06. The molecule has 1 heterocycles. The van der Waals surface area contributed by atoms with E-state index < -0.39 is 24.2 Å². The van der Waals surface area contributed by atoms with Crippen LogP contribution in [0.1, 0.15) is 24.0 Å². The first-order chi connectivity index (χ1) is 12.7. The van der Waals surface area contributed by atoms with E-state index >= 15 is 0 Å². The molecule has 1 N–H and O–H groups in total. The Bertz CT molecular complexity index is 854. The van der Waals surface area contributed by atoms with Gasteiger partial charge in [0.2, 0.25) is 5.91 Å². The van der Waals surface area contributed by atoms with Crippen molar-refractivity contribution >= 4 is 27.5 Å². The molecule has 0 aromatic heterocycles. The number of alkyl halides is 3. The van der Waals surface area contributed by atoms with Crippen molar-refractivity contribution in [1.29, 1.82) is 0 Å². The molecule has 1 amide bonds. The average Bonchev–Trinajstić information content (AvgIpc) is 3.00. The molecular formula is C19H16BrF3N2O2. The van der Waals surface area contributed by atoms with Crippen LogP contribution in [-0.4, -0.2) is 33.6 Å². The maximum Gasteiger partial charge on any atom is 0.438 e. The summed E-state index contributed by atoms with van der Waals surface area (Å²) in [6.45, 7) is 0. The van der Waals surface area contributed by atoms with Gasteiger partial charge < -0.3 is 5.11 Å². The second-order valence-corrected chi connectivity index (χ2v) is 7.15. The lowest BCUT2D eigenvalue weighted by Crippen LogP contribution is -2.56. The van der Waals surface area contributed by atoms with Crippen LogP contribution in [0.15, 0.2) is 64.2 Å². The van der Waals surface area contributed by atoms with E-state index in [1.54, 1.807) is 48.5 Å². The van der Waals surface area contributed by atoms with Gasteiger partial charge in [0, 0.05) is 10.9 Å². The molecule has 2 aromatic rings. The van der Waals surface area contributed by atoms with Gasteiger partial charge in [-0.25, -0.2) is 0 Å². The maximum absolute atomic E-state index is 13.5.